The van der Waals surface area contributed by atoms with Crippen molar-refractivity contribution in [1.82, 2.24) is 9.62 Å². The van der Waals surface area contributed by atoms with E-state index in [1.807, 2.05) is 6.07 Å². The zero-order chi connectivity index (χ0) is 17.9. The molecule has 0 bridgehead atoms. The standard InChI is InChI=1S/C17H20F2N2O2S2/c18-14-3-4-17(16(19)10-14)25(22,23)20-11-13-5-7-21(8-6-13)12-15-2-1-9-24-15/h1-4,9-10,13,20H,5-8,11-12H2. The van der Waals surface area contributed by atoms with Crippen LogP contribution in [0.3, 0.4) is 0 Å². The normalized spacial score (nSPS) is 17.0. The number of rotatable bonds is 6. The number of nitrogens with zero attached hydrogens (tertiary/aromatic N) is 1. The quantitative estimate of drug-likeness (QED) is 0.829. The van der Waals surface area contributed by atoms with Crippen molar-refractivity contribution >= 4 is 21.4 Å². The number of halogens is 2. The van der Waals surface area contributed by atoms with Crippen LogP contribution in [0.5, 0.6) is 0 Å². The predicted molar refractivity (Wildman–Crippen MR) is 93.9 cm³/mol. The summed E-state index contributed by atoms with van der Waals surface area (Å²) in [6.45, 7) is 3.02. The Balaban J connectivity index is 1.50. The molecule has 0 amide bonds. The molecule has 0 radical (unpaired) electrons. The first kappa shape index (κ1) is 18.4. The maximum absolute atomic E-state index is 13.7. The Bertz CT molecular complexity index is 802. The second-order valence-corrected chi connectivity index (χ2v) is 8.99. The summed E-state index contributed by atoms with van der Waals surface area (Å²) in [7, 11) is -3.97. The van der Waals surface area contributed by atoms with Crippen molar-refractivity contribution in [2.45, 2.75) is 24.3 Å². The Labute approximate surface area is 150 Å². The number of piperidine rings is 1. The van der Waals surface area contributed by atoms with Crippen LogP contribution in [-0.4, -0.2) is 33.0 Å². The van der Waals surface area contributed by atoms with Gasteiger partial charge in [0.1, 0.15) is 16.5 Å². The van der Waals surface area contributed by atoms with Crippen molar-refractivity contribution in [3.05, 3.63) is 52.2 Å². The summed E-state index contributed by atoms with van der Waals surface area (Å²) >= 11 is 1.74. The summed E-state index contributed by atoms with van der Waals surface area (Å²) in [5.74, 6) is -1.65. The van der Waals surface area contributed by atoms with E-state index in [2.05, 4.69) is 21.1 Å². The molecule has 2 heterocycles. The fraction of sp³-hybridized carbons (Fsp3) is 0.412. The third kappa shape index (κ3) is 4.84. The molecule has 1 N–H and O–H groups in total. The zero-order valence-corrected chi connectivity index (χ0v) is 15.3. The first-order chi connectivity index (χ1) is 11.9. The van der Waals surface area contributed by atoms with Crippen molar-refractivity contribution in [3.8, 4) is 0 Å². The Kier molecular flexibility index (Phi) is 5.83. The highest BCUT2D eigenvalue weighted by molar-refractivity contribution is 7.89. The van der Waals surface area contributed by atoms with E-state index in [1.54, 1.807) is 11.3 Å². The lowest BCUT2D eigenvalue weighted by Crippen LogP contribution is -2.38. The number of hydrogen-bond acceptors (Lipinski definition) is 4. The molecule has 0 unspecified atom stereocenters. The van der Waals surface area contributed by atoms with Crippen molar-refractivity contribution in [2.75, 3.05) is 19.6 Å². The van der Waals surface area contributed by atoms with E-state index in [0.29, 0.717) is 6.07 Å². The molecular formula is C17H20F2N2O2S2. The monoisotopic (exact) mass is 386 g/mol. The van der Waals surface area contributed by atoms with Gasteiger partial charge in [0.25, 0.3) is 0 Å². The number of benzene rings is 1. The van der Waals surface area contributed by atoms with Crippen molar-refractivity contribution < 1.29 is 17.2 Å². The minimum absolute atomic E-state index is 0.220. The van der Waals surface area contributed by atoms with Crippen molar-refractivity contribution in [2.24, 2.45) is 5.92 Å². The summed E-state index contributed by atoms with van der Waals surface area (Å²) in [5, 5.41) is 2.06. The van der Waals surface area contributed by atoms with E-state index in [-0.39, 0.29) is 12.5 Å². The smallest absolute Gasteiger partial charge is 0.243 e. The number of hydrogen-bond donors (Lipinski definition) is 1. The molecule has 8 heteroatoms. The number of nitrogens with one attached hydrogen (secondary N) is 1. The summed E-state index contributed by atoms with van der Waals surface area (Å²) in [6.07, 6.45) is 1.78. The maximum atomic E-state index is 13.7. The van der Waals surface area contributed by atoms with E-state index in [9.17, 15) is 17.2 Å². The van der Waals surface area contributed by atoms with Gasteiger partial charge < -0.3 is 0 Å². The van der Waals surface area contributed by atoms with E-state index in [4.69, 9.17) is 0 Å². The molecule has 3 rings (SSSR count). The highest BCUT2D eigenvalue weighted by atomic mass is 32.2. The third-order valence-electron chi connectivity index (χ3n) is 4.41. The summed E-state index contributed by atoms with van der Waals surface area (Å²) in [5.41, 5.74) is 0. The van der Waals surface area contributed by atoms with Crippen LogP contribution < -0.4 is 4.72 Å². The second kappa shape index (κ2) is 7.90. The van der Waals surface area contributed by atoms with Crippen LogP contribution in [0.2, 0.25) is 0 Å². The number of thiophene rings is 1. The molecule has 1 aromatic heterocycles. The van der Waals surface area contributed by atoms with Crippen LogP contribution in [0, 0.1) is 17.6 Å². The molecule has 1 aromatic carbocycles. The minimum atomic E-state index is -3.97. The van der Waals surface area contributed by atoms with Gasteiger partial charge in [-0.1, -0.05) is 6.07 Å². The van der Waals surface area contributed by atoms with Gasteiger partial charge in [-0.25, -0.2) is 21.9 Å². The number of likely N-dealkylation sites (tertiary alicyclic amines) is 1. The highest BCUT2D eigenvalue weighted by Gasteiger charge is 2.24. The molecule has 25 heavy (non-hydrogen) atoms. The largest absolute Gasteiger partial charge is 0.298 e. The average molecular weight is 386 g/mol. The van der Waals surface area contributed by atoms with E-state index < -0.39 is 26.6 Å². The molecule has 1 aliphatic rings. The fourth-order valence-electron chi connectivity index (χ4n) is 2.97. The lowest BCUT2D eigenvalue weighted by Gasteiger charge is -2.31. The van der Waals surface area contributed by atoms with Gasteiger partial charge in [-0.05, 0) is 55.4 Å². The van der Waals surface area contributed by atoms with Gasteiger partial charge in [0, 0.05) is 24.0 Å². The molecule has 1 saturated heterocycles. The third-order valence-corrected chi connectivity index (χ3v) is 6.73. The molecule has 0 aliphatic carbocycles. The fourth-order valence-corrected chi connectivity index (χ4v) is 4.89. The molecule has 0 saturated carbocycles. The Morgan fingerprint density at radius 1 is 1.20 bits per heavy atom. The van der Waals surface area contributed by atoms with Crippen LogP contribution >= 0.6 is 11.3 Å². The molecule has 4 nitrogen and oxygen atoms in total. The van der Waals surface area contributed by atoms with E-state index >= 15 is 0 Å². The second-order valence-electron chi connectivity index (χ2n) is 6.23. The van der Waals surface area contributed by atoms with Crippen molar-refractivity contribution in [1.29, 1.82) is 0 Å². The van der Waals surface area contributed by atoms with Crippen LogP contribution in [0.25, 0.3) is 0 Å². The summed E-state index contributed by atoms with van der Waals surface area (Å²) in [6, 6.07) is 6.63. The minimum Gasteiger partial charge on any atom is -0.298 e. The molecule has 0 spiro atoms. The van der Waals surface area contributed by atoms with Gasteiger partial charge in [0.05, 0.1) is 0 Å². The summed E-state index contributed by atoms with van der Waals surface area (Å²) < 4.78 is 53.5. The van der Waals surface area contributed by atoms with Crippen LogP contribution in [-0.2, 0) is 16.6 Å². The zero-order valence-electron chi connectivity index (χ0n) is 13.6. The van der Waals surface area contributed by atoms with Gasteiger partial charge in [-0.3, -0.25) is 4.90 Å². The molecule has 136 valence electrons. The lowest BCUT2D eigenvalue weighted by molar-refractivity contribution is 0.180. The van der Waals surface area contributed by atoms with Gasteiger partial charge in [-0.15, -0.1) is 11.3 Å². The predicted octanol–water partition coefficient (Wildman–Crippen LogP) is 3.22. The first-order valence-electron chi connectivity index (χ1n) is 8.13. The maximum Gasteiger partial charge on any atom is 0.243 e. The number of sulfonamides is 1. The Hall–Kier alpha value is -1.35. The Morgan fingerprint density at radius 2 is 1.96 bits per heavy atom. The topological polar surface area (TPSA) is 49.4 Å². The van der Waals surface area contributed by atoms with E-state index in [1.165, 1.54) is 4.88 Å². The molecule has 0 atom stereocenters. The molecule has 1 fully saturated rings. The summed E-state index contributed by atoms with van der Waals surface area (Å²) in [4.78, 5) is 3.17. The van der Waals surface area contributed by atoms with Gasteiger partial charge in [-0.2, -0.15) is 0 Å². The van der Waals surface area contributed by atoms with Gasteiger partial charge in [0.2, 0.25) is 10.0 Å². The van der Waals surface area contributed by atoms with E-state index in [0.717, 1.165) is 44.6 Å². The highest BCUT2D eigenvalue weighted by Crippen LogP contribution is 2.21. The first-order valence-corrected chi connectivity index (χ1v) is 10.5. The lowest BCUT2D eigenvalue weighted by atomic mass is 9.97. The van der Waals surface area contributed by atoms with Crippen LogP contribution in [0.15, 0.2) is 40.6 Å². The molecule has 2 aromatic rings. The van der Waals surface area contributed by atoms with Crippen LogP contribution in [0.1, 0.15) is 17.7 Å². The molecular weight excluding hydrogens is 366 g/mol. The van der Waals surface area contributed by atoms with Gasteiger partial charge >= 0.3 is 0 Å². The van der Waals surface area contributed by atoms with Crippen LogP contribution in [0.4, 0.5) is 8.78 Å². The van der Waals surface area contributed by atoms with Gasteiger partial charge in [0.15, 0.2) is 0 Å². The average Bonchev–Trinajstić information content (AvgIpc) is 3.07. The molecule has 1 aliphatic heterocycles. The Morgan fingerprint density at radius 3 is 2.60 bits per heavy atom. The SMILES string of the molecule is O=S(=O)(NCC1CCN(Cc2cccs2)CC1)c1ccc(F)cc1F. The van der Waals surface area contributed by atoms with Crippen molar-refractivity contribution in [3.63, 3.8) is 0 Å².